The Labute approximate surface area is 146 Å². The largest absolute Gasteiger partial charge is 0.352 e. The molecule has 1 aromatic carbocycles. The van der Waals surface area contributed by atoms with E-state index in [1.54, 1.807) is 12.1 Å². The molecule has 0 radical (unpaired) electrons. The summed E-state index contributed by atoms with van der Waals surface area (Å²) in [5.41, 5.74) is 0.403. The Balaban J connectivity index is 1.96. The number of amides is 2. The van der Waals surface area contributed by atoms with Gasteiger partial charge in [-0.1, -0.05) is 22.0 Å². The zero-order chi connectivity index (χ0) is 16.8. The Morgan fingerprint density at radius 3 is 2.78 bits per heavy atom. The van der Waals surface area contributed by atoms with Crippen LogP contribution in [0.1, 0.15) is 29.8 Å². The van der Waals surface area contributed by atoms with Crippen molar-refractivity contribution in [2.75, 3.05) is 0 Å². The molecular weight excluding hydrogens is 383 g/mol. The van der Waals surface area contributed by atoms with Crippen LogP contribution in [0.2, 0.25) is 0 Å². The number of carbonyl (C=O) groups excluding carboxylic acids is 2. The molecule has 2 N–H and O–H groups in total. The summed E-state index contributed by atoms with van der Waals surface area (Å²) >= 11 is 4.74. The summed E-state index contributed by atoms with van der Waals surface area (Å²) in [7, 11) is 0. The second-order valence-corrected chi connectivity index (χ2v) is 6.88. The number of thiophene rings is 1. The van der Waals surface area contributed by atoms with Gasteiger partial charge in [-0.25, -0.2) is 4.39 Å². The second-order valence-electron chi connectivity index (χ2n) is 4.99. The zero-order valence-electron chi connectivity index (χ0n) is 12.4. The zero-order valence-corrected chi connectivity index (χ0v) is 14.8. The Morgan fingerprint density at radius 1 is 1.35 bits per heavy atom. The molecule has 122 valence electrons. The Kier molecular flexibility index (Phi) is 6.29. The van der Waals surface area contributed by atoms with E-state index in [4.69, 9.17) is 0 Å². The third kappa shape index (κ3) is 5.44. The minimum Gasteiger partial charge on any atom is -0.352 e. The highest BCUT2D eigenvalue weighted by molar-refractivity contribution is 9.10. The highest BCUT2D eigenvalue weighted by Crippen LogP contribution is 2.22. The van der Waals surface area contributed by atoms with E-state index in [1.807, 2.05) is 17.5 Å². The van der Waals surface area contributed by atoms with E-state index in [0.29, 0.717) is 5.56 Å². The molecule has 4 nitrogen and oxygen atoms in total. The van der Waals surface area contributed by atoms with Gasteiger partial charge < -0.3 is 10.6 Å². The summed E-state index contributed by atoms with van der Waals surface area (Å²) in [6.45, 7) is 1.51. The van der Waals surface area contributed by atoms with Gasteiger partial charge in [0, 0.05) is 28.4 Å². The van der Waals surface area contributed by atoms with Crippen molar-refractivity contribution < 1.29 is 14.0 Å². The van der Waals surface area contributed by atoms with Crippen LogP contribution in [0.3, 0.4) is 0 Å². The molecule has 1 unspecified atom stereocenters. The molecule has 0 bridgehead atoms. The predicted molar refractivity (Wildman–Crippen MR) is 91.4 cm³/mol. The smallest absolute Gasteiger partial charge is 0.222 e. The van der Waals surface area contributed by atoms with E-state index < -0.39 is 0 Å². The lowest BCUT2D eigenvalue weighted by molar-refractivity contribution is -0.122. The summed E-state index contributed by atoms with van der Waals surface area (Å²) in [4.78, 5) is 24.3. The molecule has 0 fully saturated rings. The van der Waals surface area contributed by atoms with Gasteiger partial charge in [0.05, 0.1) is 12.5 Å². The Bertz CT molecular complexity index is 691. The summed E-state index contributed by atoms with van der Waals surface area (Å²) in [5.74, 6) is -0.823. The van der Waals surface area contributed by atoms with Crippen LogP contribution >= 0.6 is 27.3 Å². The second kappa shape index (κ2) is 8.21. The van der Waals surface area contributed by atoms with Crippen molar-refractivity contribution in [1.29, 1.82) is 0 Å². The SMILES string of the molecule is CC(=O)NC(CC(=O)NCc1cc(Br)ccc1F)c1cccs1. The van der Waals surface area contributed by atoms with Crippen molar-refractivity contribution in [3.05, 3.63) is 56.4 Å². The van der Waals surface area contributed by atoms with Crippen LogP contribution in [-0.2, 0) is 16.1 Å². The van der Waals surface area contributed by atoms with Crippen LogP contribution in [0, 0.1) is 5.82 Å². The number of halogens is 2. The van der Waals surface area contributed by atoms with Crippen LogP contribution < -0.4 is 10.6 Å². The van der Waals surface area contributed by atoms with Crippen molar-refractivity contribution in [3.63, 3.8) is 0 Å². The van der Waals surface area contributed by atoms with Gasteiger partial charge >= 0.3 is 0 Å². The summed E-state index contributed by atoms with van der Waals surface area (Å²) < 4.78 is 14.4. The third-order valence-electron chi connectivity index (χ3n) is 3.14. The topological polar surface area (TPSA) is 58.2 Å². The van der Waals surface area contributed by atoms with Crippen LogP contribution in [0.25, 0.3) is 0 Å². The lowest BCUT2D eigenvalue weighted by atomic mass is 10.1. The van der Waals surface area contributed by atoms with E-state index in [2.05, 4.69) is 26.6 Å². The van der Waals surface area contributed by atoms with Gasteiger partial charge in [-0.05, 0) is 29.6 Å². The molecule has 0 aliphatic rings. The fourth-order valence-corrected chi connectivity index (χ4v) is 3.27. The van der Waals surface area contributed by atoms with Crippen LogP contribution in [0.5, 0.6) is 0 Å². The monoisotopic (exact) mass is 398 g/mol. The normalized spacial score (nSPS) is 11.8. The molecule has 1 heterocycles. The number of carbonyl (C=O) groups is 2. The van der Waals surface area contributed by atoms with Gasteiger partial charge in [-0.3, -0.25) is 9.59 Å². The van der Waals surface area contributed by atoms with Crippen molar-refractivity contribution in [3.8, 4) is 0 Å². The van der Waals surface area contributed by atoms with Gasteiger partial charge in [0.2, 0.25) is 11.8 Å². The van der Waals surface area contributed by atoms with Crippen molar-refractivity contribution in [1.82, 2.24) is 10.6 Å². The Morgan fingerprint density at radius 2 is 2.13 bits per heavy atom. The quantitative estimate of drug-likeness (QED) is 0.781. The molecule has 2 rings (SSSR count). The average Bonchev–Trinajstić information content (AvgIpc) is 3.01. The van der Waals surface area contributed by atoms with E-state index in [-0.39, 0.29) is 36.6 Å². The van der Waals surface area contributed by atoms with E-state index in [0.717, 1.165) is 9.35 Å². The molecular formula is C16H16BrFN2O2S. The Hall–Kier alpha value is -1.73. The molecule has 2 amide bonds. The molecule has 0 saturated carbocycles. The summed E-state index contributed by atoms with van der Waals surface area (Å²) in [6, 6.07) is 7.93. The number of nitrogens with one attached hydrogen (secondary N) is 2. The van der Waals surface area contributed by atoms with Crippen molar-refractivity contribution in [2.45, 2.75) is 25.9 Å². The molecule has 0 aliphatic heterocycles. The molecule has 7 heteroatoms. The first kappa shape index (κ1) is 17.6. The predicted octanol–water partition coefficient (Wildman–Crippen LogP) is 3.53. The highest BCUT2D eigenvalue weighted by Gasteiger charge is 2.18. The maximum atomic E-state index is 13.7. The lowest BCUT2D eigenvalue weighted by Gasteiger charge is -2.16. The maximum absolute atomic E-state index is 13.7. The summed E-state index contributed by atoms with van der Waals surface area (Å²) in [5, 5.41) is 7.33. The molecule has 1 atom stereocenters. The first-order chi connectivity index (χ1) is 11.0. The number of rotatable bonds is 6. The highest BCUT2D eigenvalue weighted by atomic mass is 79.9. The van der Waals surface area contributed by atoms with Crippen molar-refractivity contribution >= 4 is 39.1 Å². The fourth-order valence-electron chi connectivity index (χ4n) is 2.09. The first-order valence-corrected chi connectivity index (χ1v) is 8.64. The lowest BCUT2D eigenvalue weighted by Crippen LogP contribution is -2.32. The molecule has 1 aromatic heterocycles. The van der Waals surface area contributed by atoms with Crippen molar-refractivity contribution in [2.24, 2.45) is 0 Å². The third-order valence-corrected chi connectivity index (χ3v) is 4.62. The fraction of sp³-hybridized carbons (Fsp3) is 0.250. The molecule has 2 aromatic rings. The first-order valence-electron chi connectivity index (χ1n) is 6.97. The molecule has 23 heavy (non-hydrogen) atoms. The van der Waals surface area contributed by atoms with Crippen LogP contribution in [0.4, 0.5) is 4.39 Å². The van der Waals surface area contributed by atoms with Gasteiger partial charge in [-0.2, -0.15) is 0 Å². The molecule has 0 saturated heterocycles. The minimum absolute atomic E-state index is 0.0986. The van der Waals surface area contributed by atoms with Gasteiger partial charge in [0.15, 0.2) is 0 Å². The number of hydrogen-bond donors (Lipinski definition) is 2. The standard InChI is InChI=1S/C16H16BrFN2O2S/c1-10(21)20-14(15-3-2-6-23-15)8-16(22)19-9-11-7-12(17)4-5-13(11)18/h2-7,14H,8-9H2,1H3,(H,19,22)(H,20,21). The molecule has 0 spiro atoms. The van der Waals surface area contributed by atoms with Crippen LogP contribution in [-0.4, -0.2) is 11.8 Å². The van der Waals surface area contributed by atoms with Gasteiger partial charge in [-0.15, -0.1) is 11.3 Å². The average molecular weight is 399 g/mol. The van der Waals surface area contributed by atoms with E-state index in [9.17, 15) is 14.0 Å². The molecule has 0 aliphatic carbocycles. The summed E-state index contributed by atoms with van der Waals surface area (Å²) in [6.07, 6.45) is 0.107. The van der Waals surface area contributed by atoms with Gasteiger partial charge in [0.25, 0.3) is 0 Å². The maximum Gasteiger partial charge on any atom is 0.222 e. The number of benzene rings is 1. The number of hydrogen-bond acceptors (Lipinski definition) is 3. The van der Waals surface area contributed by atoms with Gasteiger partial charge in [0.1, 0.15) is 5.82 Å². The van der Waals surface area contributed by atoms with Crippen LogP contribution in [0.15, 0.2) is 40.2 Å². The van der Waals surface area contributed by atoms with E-state index in [1.165, 1.54) is 24.3 Å². The minimum atomic E-state index is -0.375. The van der Waals surface area contributed by atoms with E-state index >= 15 is 0 Å².